The third-order valence-electron chi connectivity index (χ3n) is 5.58. The van der Waals surface area contributed by atoms with Crippen LogP contribution >= 0.6 is 12.6 Å². The number of amides is 3. The summed E-state index contributed by atoms with van der Waals surface area (Å²) in [4.78, 5) is 56.6. The number of hydrogen-bond donors (Lipinski definition) is 7. The van der Waals surface area contributed by atoms with Crippen molar-refractivity contribution in [2.24, 2.45) is 5.92 Å². The number of aromatic amines is 1. The summed E-state index contributed by atoms with van der Waals surface area (Å²) in [7, 11) is 0. The summed E-state index contributed by atoms with van der Waals surface area (Å²) in [5, 5.41) is 20.4. The highest BCUT2D eigenvalue weighted by Crippen LogP contribution is 2.10. The molecule has 0 aromatic carbocycles. The molecule has 1 aromatic rings. The summed E-state index contributed by atoms with van der Waals surface area (Å²) in [6, 6.07) is -3.48. The highest BCUT2D eigenvalue weighted by atomic mass is 32.1. The van der Waals surface area contributed by atoms with Gasteiger partial charge in [-0.25, -0.2) is 9.78 Å². The molecule has 0 radical (unpaired) electrons. The van der Waals surface area contributed by atoms with Gasteiger partial charge >= 0.3 is 5.97 Å². The van der Waals surface area contributed by atoms with Gasteiger partial charge in [0.2, 0.25) is 17.7 Å². The maximum atomic E-state index is 12.9. The molecule has 11 nitrogen and oxygen atoms in total. The number of thiol groups is 1. The van der Waals surface area contributed by atoms with Gasteiger partial charge in [-0.1, -0.05) is 20.3 Å². The summed E-state index contributed by atoms with van der Waals surface area (Å²) >= 11 is 4.17. The first-order chi connectivity index (χ1) is 15.3. The second-order valence-corrected chi connectivity index (χ2v) is 8.31. The maximum absolute atomic E-state index is 12.9. The Morgan fingerprint density at radius 3 is 2.47 bits per heavy atom. The van der Waals surface area contributed by atoms with Crippen LogP contribution in [0.2, 0.25) is 0 Å². The number of nitrogens with zero attached hydrogens (tertiary/aromatic N) is 1. The van der Waals surface area contributed by atoms with Crippen LogP contribution in [0.5, 0.6) is 0 Å². The smallest absolute Gasteiger partial charge is 0.326 e. The molecule has 2 heterocycles. The summed E-state index contributed by atoms with van der Waals surface area (Å²) in [6.45, 7) is 4.30. The minimum Gasteiger partial charge on any atom is -0.480 e. The highest BCUT2D eigenvalue weighted by Gasteiger charge is 2.32. The first kappa shape index (κ1) is 25.7. The van der Waals surface area contributed by atoms with Gasteiger partial charge in [0.05, 0.1) is 12.4 Å². The Balaban J connectivity index is 2.10. The Bertz CT molecular complexity index is 783. The Morgan fingerprint density at radius 2 is 1.94 bits per heavy atom. The van der Waals surface area contributed by atoms with E-state index in [1.54, 1.807) is 6.92 Å². The molecule has 0 bridgehead atoms. The lowest BCUT2D eigenvalue weighted by atomic mass is 9.98. The molecule has 1 aliphatic rings. The van der Waals surface area contributed by atoms with Crippen molar-refractivity contribution >= 4 is 36.3 Å². The van der Waals surface area contributed by atoms with Crippen molar-refractivity contribution in [1.82, 2.24) is 31.2 Å². The van der Waals surface area contributed by atoms with Gasteiger partial charge in [-0.05, 0) is 25.3 Å². The second-order valence-electron chi connectivity index (χ2n) is 7.94. The molecular weight excluding hydrogens is 436 g/mol. The fourth-order valence-electron chi connectivity index (χ4n) is 3.41. The second kappa shape index (κ2) is 12.4. The van der Waals surface area contributed by atoms with E-state index < -0.39 is 35.9 Å². The molecule has 0 aliphatic carbocycles. The third-order valence-corrected chi connectivity index (χ3v) is 5.95. The lowest BCUT2D eigenvalue weighted by molar-refractivity contribution is -0.143. The van der Waals surface area contributed by atoms with Crippen LogP contribution in [-0.2, 0) is 25.6 Å². The molecule has 5 atom stereocenters. The Kier molecular flexibility index (Phi) is 9.97. The van der Waals surface area contributed by atoms with Crippen LogP contribution in [0, 0.1) is 5.92 Å². The van der Waals surface area contributed by atoms with Gasteiger partial charge in [0.15, 0.2) is 0 Å². The van der Waals surface area contributed by atoms with E-state index in [2.05, 4.69) is 43.9 Å². The monoisotopic (exact) mass is 468 g/mol. The number of hydrogen-bond acceptors (Lipinski definition) is 7. The van der Waals surface area contributed by atoms with Crippen LogP contribution in [0.4, 0.5) is 0 Å². The van der Waals surface area contributed by atoms with E-state index in [1.165, 1.54) is 12.5 Å². The molecule has 5 unspecified atom stereocenters. The SMILES string of the molecule is CCC(C)C(NC(=O)C(Cc1cnc[nH]1)NC(=O)C(CS)NC(=O)C1CCCN1)C(=O)O. The van der Waals surface area contributed by atoms with E-state index in [0.717, 1.165) is 13.0 Å². The zero-order valence-corrected chi connectivity index (χ0v) is 19.2. The summed E-state index contributed by atoms with van der Waals surface area (Å²) in [5.74, 6) is -2.93. The molecule has 1 fully saturated rings. The van der Waals surface area contributed by atoms with Gasteiger partial charge in [-0.3, -0.25) is 14.4 Å². The van der Waals surface area contributed by atoms with Crippen molar-refractivity contribution in [1.29, 1.82) is 0 Å². The predicted molar refractivity (Wildman–Crippen MR) is 120 cm³/mol. The first-order valence-electron chi connectivity index (χ1n) is 10.7. The Hall–Kier alpha value is -2.60. The fourth-order valence-corrected chi connectivity index (χ4v) is 3.67. The van der Waals surface area contributed by atoms with E-state index in [1.807, 2.05) is 6.92 Å². The average Bonchev–Trinajstić information content (AvgIpc) is 3.48. The van der Waals surface area contributed by atoms with Crippen LogP contribution in [0.25, 0.3) is 0 Å². The van der Waals surface area contributed by atoms with Gasteiger partial charge in [0, 0.05) is 24.1 Å². The predicted octanol–water partition coefficient (Wildman–Crippen LogP) is -0.781. The van der Waals surface area contributed by atoms with Crippen LogP contribution in [0.1, 0.15) is 38.8 Å². The zero-order chi connectivity index (χ0) is 23.7. The zero-order valence-electron chi connectivity index (χ0n) is 18.3. The molecule has 6 N–H and O–H groups in total. The number of aliphatic carboxylic acids is 1. The molecule has 0 saturated carbocycles. The number of rotatable bonds is 12. The third kappa shape index (κ3) is 7.23. The minimum atomic E-state index is -1.15. The van der Waals surface area contributed by atoms with E-state index in [0.29, 0.717) is 18.5 Å². The Morgan fingerprint density at radius 1 is 1.22 bits per heavy atom. The molecular formula is C20H32N6O5S. The summed E-state index contributed by atoms with van der Waals surface area (Å²) < 4.78 is 0. The van der Waals surface area contributed by atoms with E-state index in [9.17, 15) is 24.3 Å². The normalized spacial score (nSPS) is 19.4. The molecule has 32 heavy (non-hydrogen) atoms. The van der Waals surface area contributed by atoms with Crippen molar-refractivity contribution in [3.63, 3.8) is 0 Å². The number of carbonyl (C=O) groups is 4. The van der Waals surface area contributed by atoms with Crippen LogP contribution in [0.3, 0.4) is 0 Å². The number of H-pyrrole nitrogens is 1. The number of imidazole rings is 1. The van der Waals surface area contributed by atoms with Crippen molar-refractivity contribution in [3.05, 3.63) is 18.2 Å². The van der Waals surface area contributed by atoms with Crippen LogP contribution < -0.4 is 21.3 Å². The Labute approximate surface area is 192 Å². The molecule has 1 aromatic heterocycles. The maximum Gasteiger partial charge on any atom is 0.326 e. The lowest BCUT2D eigenvalue weighted by Gasteiger charge is -2.26. The number of carboxylic acid groups (broad SMARTS) is 1. The first-order valence-corrected chi connectivity index (χ1v) is 11.3. The van der Waals surface area contributed by atoms with E-state index in [4.69, 9.17) is 0 Å². The van der Waals surface area contributed by atoms with Crippen molar-refractivity contribution in [3.8, 4) is 0 Å². The van der Waals surface area contributed by atoms with Crippen molar-refractivity contribution < 1.29 is 24.3 Å². The van der Waals surface area contributed by atoms with Crippen LogP contribution in [0.15, 0.2) is 12.5 Å². The largest absolute Gasteiger partial charge is 0.480 e. The van der Waals surface area contributed by atoms with Gasteiger partial charge in [-0.2, -0.15) is 12.6 Å². The fraction of sp³-hybridized carbons (Fsp3) is 0.650. The molecule has 3 amide bonds. The molecule has 12 heteroatoms. The topological polar surface area (TPSA) is 165 Å². The molecule has 178 valence electrons. The van der Waals surface area contributed by atoms with Crippen molar-refractivity contribution in [2.45, 2.75) is 63.7 Å². The number of nitrogens with one attached hydrogen (secondary N) is 5. The summed E-state index contributed by atoms with van der Waals surface area (Å²) in [6.07, 6.45) is 5.14. The highest BCUT2D eigenvalue weighted by molar-refractivity contribution is 7.80. The molecule has 2 rings (SSSR count). The molecule has 1 saturated heterocycles. The standard InChI is InChI=1S/C20H32N6O5S/c1-3-11(2)16(20(30)31)26-18(28)14(7-12-8-21-10-23-12)24-19(29)15(9-32)25-17(27)13-5-4-6-22-13/h8,10-11,13-16,22,32H,3-7,9H2,1-2H3,(H,21,23)(H,24,29)(H,25,27)(H,26,28)(H,30,31). The molecule has 0 spiro atoms. The van der Waals surface area contributed by atoms with Gasteiger partial charge in [0.25, 0.3) is 0 Å². The van der Waals surface area contributed by atoms with Gasteiger partial charge < -0.3 is 31.4 Å². The molecule has 1 aliphatic heterocycles. The van der Waals surface area contributed by atoms with E-state index in [-0.39, 0.29) is 30.0 Å². The quantitative estimate of drug-likeness (QED) is 0.198. The summed E-state index contributed by atoms with van der Waals surface area (Å²) in [5.41, 5.74) is 0.586. The number of carbonyl (C=O) groups excluding carboxylic acids is 3. The van der Waals surface area contributed by atoms with Crippen LogP contribution in [-0.4, -0.2) is 75.2 Å². The van der Waals surface area contributed by atoms with Crippen molar-refractivity contribution in [2.75, 3.05) is 12.3 Å². The number of carboxylic acids is 1. The average molecular weight is 469 g/mol. The van der Waals surface area contributed by atoms with Gasteiger partial charge in [0.1, 0.15) is 18.1 Å². The van der Waals surface area contributed by atoms with Gasteiger partial charge in [-0.15, -0.1) is 0 Å². The minimum absolute atomic E-state index is 0.0350. The lowest BCUT2D eigenvalue weighted by Crippen LogP contribution is -2.58. The van der Waals surface area contributed by atoms with E-state index >= 15 is 0 Å². The number of aromatic nitrogens is 2.